The zero-order valence-electron chi connectivity index (χ0n) is 15.0. The third kappa shape index (κ3) is 4.82. The van der Waals surface area contributed by atoms with E-state index in [-0.39, 0.29) is 5.75 Å². The van der Waals surface area contributed by atoms with Gasteiger partial charge in [0.25, 0.3) is 0 Å². The van der Waals surface area contributed by atoms with Crippen LogP contribution < -0.4 is 5.73 Å². The van der Waals surface area contributed by atoms with E-state index in [9.17, 15) is 5.11 Å². The van der Waals surface area contributed by atoms with Gasteiger partial charge < -0.3 is 10.8 Å². The van der Waals surface area contributed by atoms with Crippen molar-refractivity contribution in [3.8, 4) is 5.75 Å². The molecule has 0 atom stereocenters. The Morgan fingerprint density at radius 1 is 0.917 bits per heavy atom. The van der Waals surface area contributed by atoms with E-state index < -0.39 is 0 Å². The van der Waals surface area contributed by atoms with Gasteiger partial charge in [-0.15, -0.1) is 5.11 Å². The SMILES string of the molecule is CC(C)Cc1cc(N=Nc2ccccc2O)cc(CC(C)C)c1N. The van der Waals surface area contributed by atoms with Crippen molar-refractivity contribution in [3.63, 3.8) is 0 Å². The lowest BCUT2D eigenvalue weighted by atomic mass is 9.94. The molecule has 0 aromatic heterocycles. The summed E-state index contributed by atoms with van der Waals surface area (Å²) in [6.07, 6.45) is 1.83. The van der Waals surface area contributed by atoms with Crippen LogP contribution in [0.5, 0.6) is 5.75 Å². The molecule has 2 aromatic rings. The van der Waals surface area contributed by atoms with Crippen LogP contribution in [0, 0.1) is 11.8 Å². The van der Waals surface area contributed by atoms with Gasteiger partial charge in [-0.2, -0.15) is 5.11 Å². The van der Waals surface area contributed by atoms with Crippen molar-refractivity contribution in [3.05, 3.63) is 47.5 Å². The molecule has 0 radical (unpaired) electrons. The molecule has 0 unspecified atom stereocenters. The van der Waals surface area contributed by atoms with Crippen LogP contribution in [0.3, 0.4) is 0 Å². The van der Waals surface area contributed by atoms with Crippen molar-refractivity contribution in [2.24, 2.45) is 22.1 Å². The maximum absolute atomic E-state index is 9.81. The molecule has 0 saturated heterocycles. The molecule has 0 aliphatic rings. The molecule has 4 nitrogen and oxygen atoms in total. The van der Waals surface area contributed by atoms with Gasteiger partial charge in [0, 0.05) is 5.69 Å². The predicted octanol–water partition coefficient (Wildman–Crippen LogP) is 5.79. The number of nitrogen functional groups attached to an aromatic ring is 1. The number of benzene rings is 2. The summed E-state index contributed by atoms with van der Waals surface area (Å²) >= 11 is 0. The van der Waals surface area contributed by atoms with Crippen molar-refractivity contribution in [1.29, 1.82) is 0 Å². The first kappa shape index (κ1) is 18.0. The van der Waals surface area contributed by atoms with Crippen LogP contribution in [0.1, 0.15) is 38.8 Å². The number of phenolic OH excluding ortho intramolecular Hbond substituents is 1. The fourth-order valence-electron chi connectivity index (χ4n) is 2.70. The van der Waals surface area contributed by atoms with Gasteiger partial charge in [0.2, 0.25) is 0 Å². The fraction of sp³-hybridized carbons (Fsp3) is 0.400. The lowest BCUT2D eigenvalue weighted by molar-refractivity contribution is 0.476. The highest BCUT2D eigenvalue weighted by Crippen LogP contribution is 2.31. The van der Waals surface area contributed by atoms with Gasteiger partial charge in [0.1, 0.15) is 11.4 Å². The van der Waals surface area contributed by atoms with Crippen LogP contribution in [-0.4, -0.2) is 5.11 Å². The molecule has 0 heterocycles. The Labute approximate surface area is 144 Å². The maximum atomic E-state index is 9.81. The Morgan fingerprint density at radius 3 is 1.96 bits per heavy atom. The molecular formula is C20H27N3O. The molecule has 3 N–H and O–H groups in total. The van der Waals surface area contributed by atoms with Crippen LogP contribution in [0.25, 0.3) is 0 Å². The number of hydrogen-bond acceptors (Lipinski definition) is 4. The summed E-state index contributed by atoms with van der Waals surface area (Å²) in [6, 6.07) is 10.9. The zero-order chi connectivity index (χ0) is 17.7. The van der Waals surface area contributed by atoms with Gasteiger partial charge in [-0.25, -0.2) is 0 Å². The lowest BCUT2D eigenvalue weighted by Gasteiger charge is -2.15. The maximum Gasteiger partial charge on any atom is 0.143 e. The molecule has 128 valence electrons. The fourth-order valence-corrected chi connectivity index (χ4v) is 2.70. The second-order valence-electron chi connectivity index (χ2n) is 7.06. The zero-order valence-corrected chi connectivity index (χ0v) is 15.0. The van der Waals surface area contributed by atoms with Gasteiger partial charge >= 0.3 is 0 Å². The van der Waals surface area contributed by atoms with E-state index in [1.54, 1.807) is 18.2 Å². The Bertz CT molecular complexity index is 690. The minimum absolute atomic E-state index is 0.126. The van der Waals surface area contributed by atoms with Crippen molar-refractivity contribution < 1.29 is 5.11 Å². The minimum Gasteiger partial charge on any atom is -0.506 e. The van der Waals surface area contributed by atoms with Crippen LogP contribution in [-0.2, 0) is 12.8 Å². The van der Waals surface area contributed by atoms with E-state index in [4.69, 9.17) is 5.73 Å². The lowest BCUT2D eigenvalue weighted by Crippen LogP contribution is -2.05. The Morgan fingerprint density at radius 2 is 1.46 bits per heavy atom. The summed E-state index contributed by atoms with van der Waals surface area (Å²) in [4.78, 5) is 0. The van der Waals surface area contributed by atoms with E-state index in [0.717, 1.165) is 35.3 Å². The van der Waals surface area contributed by atoms with E-state index >= 15 is 0 Å². The molecule has 24 heavy (non-hydrogen) atoms. The molecular weight excluding hydrogens is 298 g/mol. The number of nitrogens with zero attached hydrogens (tertiary/aromatic N) is 2. The Balaban J connectivity index is 2.39. The molecule has 0 bridgehead atoms. The number of hydrogen-bond donors (Lipinski definition) is 2. The number of para-hydroxylation sites is 1. The molecule has 0 aliphatic heterocycles. The molecule has 0 amide bonds. The molecule has 0 aliphatic carbocycles. The first-order chi connectivity index (χ1) is 11.4. The normalized spacial score (nSPS) is 11.8. The highest BCUT2D eigenvalue weighted by atomic mass is 16.3. The summed E-state index contributed by atoms with van der Waals surface area (Å²) in [5.74, 6) is 1.16. The number of aromatic hydroxyl groups is 1. The Kier molecular flexibility index (Phi) is 5.96. The van der Waals surface area contributed by atoms with E-state index in [2.05, 4.69) is 37.9 Å². The summed E-state index contributed by atoms with van der Waals surface area (Å²) in [5, 5.41) is 18.3. The van der Waals surface area contributed by atoms with Crippen molar-refractivity contribution in [2.45, 2.75) is 40.5 Å². The average Bonchev–Trinajstić information content (AvgIpc) is 2.50. The smallest absolute Gasteiger partial charge is 0.143 e. The monoisotopic (exact) mass is 325 g/mol. The summed E-state index contributed by atoms with van der Waals surface area (Å²) in [6.45, 7) is 8.71. The van der Waals surface area contributed by atoms with E-state index in [1.165, 1.54) is 0 Å². The number of phenols is 1. The first-order valence-electron chi connectivity index (χ1n) is 8.47. The van der Waals surface area contributed by atoms with E-state index in [1.807, 2.05) is 18.2 Å². The van der Waals surface area contributed by atoms with Crippen LogP contribution in [0.15, 0.2) is 46.6 Å². The second-order valence-corrected chi connectivity index (χ2v) is 7.06. The highest BCUT2D eigenvalue weighted by Gasteiger charge is 2.11. The molecule has 0 fully saturated rings. The standard InChI is InChI=1S/C20H27N3O/c1-13(2)9-15-11-17(12-16(20(15)21)10-14(3)4)22-23-18-7-5-6-8-19(18)24/h5-8,11-14,24H,9-10,21H2,1-4H3. The molecule has 2 aromatic carbocycles. The first-order valence-corrected chi connectivity index (χ1v) is 8.47. The van der Waals surface area contributed by atoms with Crippen molar-refractivity contribution >= 4 is 17.1 Å². The summed E-state index contributed by atoms with van der Waals surface area (Å²) in [7, 11) is 0. The molecule has 0 spiro atoms. The average molecular weight is 325 g/mol. The molecule has 4 heteroatoms. The summed E-state index contributed by atoms with van der Waals surface area (Å²) < 4.78 is 0. The number of rotatable bonds is 6. The van der Waals surface area contributed by atoms with Gasteiger partial charge in [0.05, 0.1) is 5.69 Å². The third-order valence-corrected chi connectivity index (χ3v) is 3.75. The van der Waals surface area contributed by atoms with Gasteiger partial charge in [-0.05, 0) is 60.1 Å². The number of azo groups is 1. The van der Waals surface area contributed by atoms with Crippen molar-refractivity contribution in [1.82, 2.24) is 0 Å². The topological polar surface area (TPSA) is 71.0 Å². The predicted molar refractivity (Wildman–Crippen MR) is 100 cm³/mol. The van der Waals surface area contributed by atoms with Crippen LogP contribution in [0.2, 0.25) is 0 Å². The van der Waals surface area contributed by atoms with Gasteiger partial charge in [-0.3, -0.25) is 0 Å². The second kappa shape index (κ2) is 7.95. The summed E-state index contributed by atoms with van der Waals surface area (Å²) in [5.41, 5.74) is 10.7. The highest BCUT2D eigenvalue weighted by molar-refractivity contribution is 5.61. The van der Waals surface area contributed by atoms with Crippen molar-refractivity contribution in [2.75, 3.05) is 5.73 Å². The molecule has 2 rings (SSSR count). The third-order valence-electron chi connectivity index (χ3n) is 3.75. The quantitative estimate of drug-likeness (QED) is 0.521. The van der Waals surface area contributed by atoms with Crippen LogP contribution >= 0.6 is 0 Å². The van der Waals surface area contributed by atoms with Gasteiger partial charge in [-0.1, -0.05) is 39.8 Å². The number of nitrogens with two attached hydrogens (primary N) is 1. The molecule has 0 saturated carbocycles. The van der Waals surface area contributed by atoms with E-state index in [0.29, 0.717) is 17.5 Å². The number of anilines is 1. The largest absolute Gasteiger partial charge is 0.506 e. The van der Waals surface area contributed by atoms with Gasteiger partial charge in [0.15, 0.2) is 0 Å². The van der Waals surface area contributed by atoms with Crippen LogP contribution in [0.4, 0.5) is 17.1 Å². The Hall–Kier alpha value is -2.36. The minimum atomic E-state index is 0.126.